The predicted octanol–water partition coefficient (Wildman–Crippen LogP) is 2.58. The van der Waals surface area contributed by atoms with Crippen molar-refractivity contribution in [1.82, 2.24) is 9.78 Å². The first-order chi connectivity index (χ1) is 9.70. The Morgan fingerprint density at radius 2 is 2.30 bits per heavy atom. The van der Waals surface area contributed by atoms with E-state index in [4.69, 9.17) is 10.5 Å². The molecule has 1 aromatic heterocycles. The number of ether oxygens (including phenoxy) is 1. The number of nitrogens with two attached hydrogens (primary N) is 1. The predicted molar refractivity (Wildman–Crippen MR) is 78.9 cm³/mol. The van der Waals surface area contributed by atoms with E-state index in [0.29, 0.717) is 0 Å². The fourth-order valence-corrected chi connectivity index (χ4v) is 2.89. The van der Waals surface area contributed by atoms with Crippen molar-refractivity contribution in [2.24, 2.45) is 5.73 Å². The van der Waals surface area contributed by atoms with Gasteiger partial charge in [0.15, 0.2) is 0 Å². The van der Waals surface area contributed by atoms with E-state index < -0.39 is 0 Å². The molecule has 0 spiro atoms. The largest absolute Gasteiger partial charge is 0.493 e. The Kier molecular flexibility index (Phi) is 3.49. The van der Waals surface area contributed by atoms with Crippen molar-refractivity contribution in [3.8, 4) is 5.75 Å². The van der Waals surface area contributed by atoms with E-state index in [0.717, 1.165) is 48.7 Å². The molecule has 0 bridgehead atoms. The van der Waals surface area contributed by atoms with Gasteiger partial charge in [-0.05, 0) is 38.3 Å². The van der Waals surface area contributed by atoms with Crippen molar-refractivity contribution >= 4 is 0 Å². The van der Waals surface area contributed by atoms with Crippen LogP contribution < -0.4 is 10.5 Å². The van der Waals surface area contributed by atoms with Crippen LogP contribution in [0.1, 0.15) is 41.9 Å². The minimum absolute atomic E-state index is 0.191. The number of aryl methyl sites for hydroxylation is 3. The third kappa shape index (κ3) is 2.20. The molecule has 0 radical (unpaired) electrons. The third-order valence-corrected chi connectivity index (χ3v) is 3.85. The number of aromatic nitrogens is 2. The highest BCUT2D eigenvalue weighted by Gasteiger charge is 2.22. The lowest BCUT2D eigenvalue weighted by Gasteiger charge is -2.23. The van der Waals surface area contributed by atoms with Crippen LogP contribution in [0.2, 0.25) is 0 Å². The summed E-state index contributed by atoms with van der Waals surface area (Å²) in [5.41, 5.74) is 10.9. The minimum atomic E-state index is -0.191. The van der Waals surface area contributed by atoms with Crippen molar-refractivity contribution in [2.75, 3.05) is 6.61 Å². The maximum Gasteiger partial charge on any atom is 0.127 e. The maximum atomic E-state index is 6.49. The lowest BCUT2D eigenvalue weighted by molar-refractivity contribution is 0.284. The fraction of sp³-hybridized carbons (Fsp3) is 0.438. The van der Waals surface area contributed by atoms with E-state index in [9.17, 15) is 0 Å². The number of fused-ring (bicyclic) bond motifs is 1. The van der Waals surface area contributed by atoms with Gasteiger partial charge in [0, 0.05) is 12.1 Å². The molecule has 106 valence electrons. The molecule has 2 N–H and O–H groups in total. The number of benzene rings is 1. The average Bonchev–Trinajstić information content (AvgIpc) is 2.87. The molecule has 0 saturated heterocycles. The fourth-order valence-electron chi connectivity index (χ4n) is 2.89. The van der Waals surface area contributed by atoms with E-state index in [1.807, 2.05) is 11.6 Å². The molecule has 20 heavy (non-hydrogen) atoms. The third-order valence-electron chi connectivity index (χ3n) is 3.85. The Morgan fingerprint density at radius 3 is 3.10 bits per heavy atom. The van der Waals surface area contributed by atoms with Gasteiger partial charge in [-0.15, -0.1) is 0 Å². The first-order valence-electron chi connectivity index (χ1n) is 7.25. The van der Waals surface area contributed by atoms with E-state index in [1.165, 1.54) is 5.56 Å². The summed E-state index contributed by atoms with van der Waals surface area (Å²) >= 11 is 0. The average molecular weight is 271 g/mol. The molecule has 2 heterocycles. The minimum Gasteiger partial charge on any atom is -0.493 e. The molecular formula is C16H21N3O. The summed E-state index contributed by atoms with van der Waals surface area (Å²) in [4.78, 5) is 0. The molecule has 1 aromatic carbocycles. The van der Waals surface area contributed by atoms with Crippen LogP contribution in [0.25, 0.3) is 0 Å². The number of hydrogen-bond donors (Lipinski definition) is 1. The second-order valence-corrected chi connectivity index (χ2v) is 5.29. The Hall–Kier alpha value is -1.81. The van der Waals surface area contributed by atoms with Gasteiger partial charge < -0.3 is 10.5 Å². The number of para-hydroxylation sites is 1. The van der Waals surface area contributed by atoms with Gasteiger partial charge in [0.25, 0.3) is 0 Å². The van der Waals surface area contributed by atoms with Crippen molar-refractivity contribution in [2.45, 2.75) is 39.3 Å². The highest BCUT2D eigenvalue weighted by molar-refractivity contribution is 5.46. The SMILES string of the molecule is CCn1nc(C)cc1C(N)c1cccc2c1OCCC2. The molecule has 1 unspecified atom stereocenters. The van der Waals surface area contributed by atoms with Gasteiger partial charge in [0.05, 0.1) is 24.0 Å². The molecule has 2 aromatic rings. The van der Waals surface area contributed by atoms with Crippen LogP contribution in [0.4, 0.5) is 0 Å². The highest BCUT2D eigenvalue weighted by Crippen LogP contribution is 2.34. The van der Waals surface area contributed by atoms with Crippen LogP contribution >= 0.6 is 0 Å². The first kappa shape index (κ1) is 13.2. The Labute approximate surface area is 119 Å². The molecule has 1 aliphatic heterocycles. The number of rotatable bonds is 3. The van der Waals surface area contributed by atoms with E-state index >= 15 is 0 Å². The van der Waals surface area contributed by atoms with E-state index in [-0.39, 0.29) is 6.04 Å². The highest BCUT2D eigenvalue weighted by atomic mass is 16.5. The topological polar surface area (TPSA) is 53.1 Å². The number of hydrogen-bond acceptors (Lipinski definition) is 3. The molecule has 1 aliphatic rings. The zero-order valence-corrected chi connectivity index (χ0v) is 12.1. The monoisotopic (exact) mass is 271 g/mol. The van der Waals surface area contributed by atoms with Crippen LogP contribution in [-0.4, -0.2) is 16.4 Å². The van der Waals surface area contributed by atoms with Crippen LogP contribution in [0, 0.1) is 6.92 Å². The van der Waals surface area contributed by atoms with Crippen LogP contribution in [-0.2, 0) is 13.0 Å². The molecule has 4 nitrogen and oxygen atoms in total. The smallest absolute Gasteiger partial charge is 0.127 e. The van der Waals surface area contributed by atoms with Crippen LogP contribution in [0.3, 0.4) is 0 Å². The Bertz CT molecular complexity index is 618. The first-order valence-corrected chi connectivity index (χ1v) is 7.25. The summed E-state index contributed by atoms with van der Waals surface area (Å²) < 4.78 is 7.84. The Morgan fingerprint density at radius 1 is 1.45 bits per heavy atom. The van der Waals surface area contributed by atoms with Gasteiger partial charge in [-0.2, -0.15) is 5.10 Å². The molecule has 0 amide bonds. The lowest BCUT2D eigenvalue weighted by atomic mass is 9.96. The van der Waals surface area contributed by atoms with E-state index in [1.54, 1.807) is 0 Å². The number of nitrogens with zero attached hydrogens (tertiary/aromatic N) is 2. The molecule has 0 aliphatic carbocycles. The van der Waals surface area contributed by atoms with Gasteiger partial charge in [0.1, 0.15) is 5.75 Å². The second kappa shape index (κ2) is 5.29. The van der Waals surface area contributed by atoms with Gasteiger partial charge in [-0.25, -0.2) is 0 Å². The van der Waals surface area contributed by atoms with Crippen molar-refractivity contribution in [3.05, 3.63) is 46.8 Å². The zero-order valence-electron chi connectivity index (χ0n) is 12.1. The van der Waals surface area contributed by atoms with Crippen LogP contribution in [0.5, 0.6) is 5.75 Å². The summed E-state index contributed by atoms with van der Waals surface area (Å²) in [5.74, 6) is 0.979. The zero-order chi connectivity index (χ0) is 14.1. The van der Waals surface area contributed by atoms with Crippen molar-refractivity contribution in [3.63, 3.8) is 0 Å². The summed E-state index contributed by atoms with van der Waals surface area (Å²) in [6, 6.07) is 8.15. The van der Waals surface area contributed by atoms with Gasteiger partial charge in [-0.3, -0.25) is 4.68 Å². The molecule has 0 saturated carbocycles. The Balaban J connectivity index is 2.04. The van der Waals surface area contributed by atoms with Crippen molar-refractivity contribution in [1.29, 1.82) is 0 Å². The lowest BCUT2D eigenvalue weighted by Crippen LogP contribution is -2.20. The van der Waals surface area contributed by atoms with Gasteiger partial charge >= 0.3 is 0 Å². The molecule has 3 rings (SSSR count). The molecule has 0 fully saturated rings. The van der Waals surface area contributed by atoms with Crippen molar-refractivity contribution < 1.29 is 4.74 Å². The second-order valence-electron chi connectivity index (χ2n) is 5.29. The normalized spacial score (nSPS) is 15.6. The van der Waals surface area contributed by atoms with Gasteiger partial charge in [-0.1, -0.05) is 18.2 Å². The molecular weight excluding hydrogens is 250 g/mol. The molecule has 1 atom stereocenters. The summed E-state index contributed by atoms with van der Waals surface area (Å²) in [6.45, 7) is 5.69. The standard InChI is InChI=1S/C16H21N3O/c1-3-19-14(10-11(2)18-19)15(17)13-8-4-6-12-7-5-9-20-16(12)13/h4,6,8,10,15H,3,5,7,9,17H2,1-2H3. The summed E-state index contributed by atoms with van der Waals surface area (Å²) in [5, 5.41) is 4.48. The van der Waals surface area contributed by atoms with E-state index in [2.05, 4.69) is 36.3 Å². The van der Waals surface area contributed by atoms with Gasteiger partial charge in [0.2, 0.25) is 0 Å². The molecule has 4 heteroatoms. The summed E-state index contributed by atoms with van der Waals surface area (Å²) in [7, 11) is 0. The quantitative estimate of drug-likeness (QED) is 0.933. The summed E-state index contributed by atoms with van der Waals surface area (Å²) in [6.07, 6.45) is 2.15. The van der Waals surface area contributed by atoms with Crippen LogP contribution in [0.15, 0.2) is 24.3 Å². The maximum absolute atomic E-state index is 6.49.